The van der Waals surface area contributed by atoms with Crippen LogP contribution in [-0.2, 0) is 0 Å². The molecule has 1 heterocycles. The average Bonchev–Trinajstić information content (AvgIpc) is 2.60. The first-order valence-electron chi connectivity index (χ1n) is 10.3. The van der Waals surface area contributed by atoms with E-state index in [1.165, 1.54) is 17.7 Å². The number of guanidine groups is 1. The fraction of sp³-hybridized carbons (Fsp3) is 0.947. The molecule has 0 bridgehead atoms. The minimum Gasteiger partial charge on any atom is -0.357 e. The van der Waals surface area contributed by atoms with E-state index in [2.05, 4.69) is 34.5 Å². The largest absolute Gasteiger partial charge is 0.401 e. The van der Waals surface area contributed by atoms with Gasteiger partial charge in [-0.15, -0.1) is 24.0 Å². The molecule has 0 aliphatic carbocycles. The fourth-order valence-electron chi connectivity index (χ4n) is 3.29. The lowest BCUT2D eigenvalue weighted by molar-refractivity contribution is -0.148. The van der Waals surface area contributed by atoms with Crippen molar-refractivity contribution in [2.75, 3.05) is 59.4 Å². The van der Waals surface area contributed by atoms with E-state index >= 15 is 0 Å². The van der Waals surface area contributed by atoms with Gasteiger partial charge in [0.15, 0.2) is 5.96 Å². The van der Waals surface area contributed by atoms with Gasteiger partial charge in [0.1, 0.15) is 0 Å². The molecule has 28 heavy (non-hydrogen) atoms. The maximum absolute atomic E-state index is 12.4. The number of piperidine rings is 1. The molecule has 0 atom stereocenters. The van der Waals surface area contributed by atoms with E-state index in [4.69, 9.17) is 0 Å². The van der Waals surface area contributed by atoms with Gasteiger partial charge in [-0.1, -0.05) is 13.3 Å². The highest BCUT2D eigenvalue weighted by atomic mass is 127. The first-order valence-corrected chi connectivity index (χ1v) is 10.3. The highest BCUT2D eigenvalue weighted by Crippen LogP contribution is 2.24. The number of halogens is 4. The maximum Gasteiger partial charge on any atom is 0.401 e. The van der Waals surface area contributed by atoms with E-state index in [0.717, 1.165) is 51.4 Å². The first kappa shape index (κ1) is 27.7. The van der Waals surface area contributed by atoms with Gasteiger partial charge in [-0.25, -0.2) is 0 Å². The predicted octanol–water partition coefficient (Wildman–Crippen LogP) is 3.56. The number of likely N-dealkylation sites (tertiary alicyclic amines) is 1. The zero-order valence-corrected chi connectivity index (χ0v) is 20.0. The molecule has 5 nitrogen and oxygen atoms in total. The van der Waals surface area contributed by atoms with E-state index < -0.39 is 12.7 Å². The van der Waals surface area contributed by atoms with Crippen LogP contribution >= 0.6 is 24.0 Å². The van der Waals surface area contributed by atoms with Crippen molar-refractivity contribution in [1.29, 1.82) is 0 Å². The van der Waals surface area contributed by atoms with Crippen LogP contribution in [0.2, 0.25) is 0 Å². The lowest BCUT2D eigenvalue weighted by Gasteiger charge is -2.32. The number of nitrogens with zero attached hydrogens (tertiary/aromatic N) is 3. The molecule has 0 aromatic heterocycles. The Morgan fingerprint density at radius 3 is 2.39 bits per heavy atom. The van der Waals surface area contributed by atoms with Gasteiger partial charge in [0.2, 0.25) is 0 Å². The van der Waals surface area contributed by atoms with Gasteiger partial charge in [-0.05, 0) is 65.2 Å². The van der Waals surface area contributed by atoms with Crippen molar-refractivity contribution in [1.82, 2.24) is 20.4 Å². The Labute approximate surface area is 185 Å². The van der Waals surface area contributed by atoms with Crippen LogP contribution in [0.4, 0.5) is 13.2 Å². The van der Waals surface area contributed by atoms with Crippen molar-refractivity contribution in [3.8, 4) is 0 Å². The summed E-state index contributed by atoms with van der Waals surface area (Å²) in [5, 5.41) is 6.62. The molecule has 1 fully saturated rings. The Hall–Kier alpha value is -0.290. The van der Waals surface area contributed by atoms with E-state index in [0.29, 0.717) is 25.6 Å². The molecule has 0 aromatic carbocycles. The Morgan fingerprint density at radius 1 is 1.14 bits per heavy atom. The van der Waals surface area contributed by atoms with Gasteiger partial charge in [0.05, 0.1) is 6.54 Å². The summed E-state index contributed by atoms with van der Waals surface area (Å²) >= 11 is 0. The summed E-state index contributed by atoms with van der Waals surface area (Å²) in [7, 11) is 2.13. The fourth-order valence-corrected chi connectivity index (χ4v) is 3.29. The number of alkyl halides is 3. The number of aliphatic imine (C=N–C) groups is 1. The van der Waals surface area contributed by atoms with Gasteiger partial charge in [-0.2, -0.15) is 13.2 Å². The first-order chi connectivity index (χ1) is 12.8. The van der Waals surface area contributed by atoms with E-state index in [1.807, 2.05) is 6.92 Å². The van der Waals surface area contributed by atoms with Crippen molar-refractivity contribution in [3.63, 3.8) is 0 Å². The summed E-state index contributed by atoms with van der Waals surface area (Å²) < 4.78 is 37.3. The van der Waals surface area contributed by atoms with Crippen molar-refractivity contribution in [2.24, 2.45) is 10.9 Å². The van der Waals surface area contributed by atoms with Gasteiger partial charge >= 0.3 is 6.18 Å². The smallest absolute Gasteiger partial charge is 0.357 e. The molecular weight excluding hydrogens is 482 g/mol. The highest BCUT2D eigenvalue weighted by Gasteiger charge is 2.32. The summed E-state index contributed by atoms with van der Waals surface area (Å²) in [5.74, 6) is 1.30. The minimum absolute atomic E-state index is 0. The van der Waals surface area contributed by atoms with Crippen molar-refractivity contribution in [2.45, 2.75) is 52.1 Å². The predicted molar refractivity (Wildman–Crippen MR) is 122 cm³/mol. The molecule has 0 aromatic rings. The summed E-state index contributed by atoms with van der Waals surface area (Å²) in [6, 6.07) is 0. The number of hydrogen-bond donors (Lipinski definition) is 2. The molecule has 1 aliphatic heterocycles. The van der Waals surface area contributed by atoms with Crippen molar-refractivity contribution >= 4 is 29.9 Å². The van der Waals surface area contributed by atoms with Crippen LogP contribution in [0.3, 0.4) is 0 Å². The van der Waals surface area contributed by atoms with Gasteiger partial charge in [0, 0.05) is 26.2 Å². The van der Waals surface area contributed by atoms with Gasteiger partial charge in [-0.3, -0.25) is 9.89 Å². The van der Waals surface area contributed by atoms with Gasteiger partial charge < -0.3 is 15.5 Å². The summed E-state index contributed by atoms with van der Waals surface area (Å²) in [6.07, 6.45) is 0.931. The third-order valence-electron chi connectivity index (χ3n) is 4.94. The molecule has 0 radical (unpaired) electrons. The van der Waals surface area contributed by atoms with Gasteiger partial charge in [0.25, 0.3) is 0 Å². The molecule has 1 saturated heterocycles. The van der Waals surface area contributed by atoms with E-state index in [9.17, 15) is 13.2 Å². The zero-order chi connectivity index (χ0) is 20.1. The Kier molecular flexibility index (Phi) is 15.4. The molecule has 0 saturated carbocycles. The van der Waals surface area contributed by atoms with Crippen LogP contribution in [0.15, 0.2) is 4.99 Å². The molecule has 1 rings (SSSR count). The molecule has 0 spiro atoms. The van der Waals surface area contributed by atoms with Crippen LogP contribution in [-0.4, -0.2) is 81.3 Å². The van der Waals surface area contributed by atoms with E-state index in [1.54, 1.807) is 0 Å². The number of rotatable bonds is 11. The minimum atomic E-state index is -4.09. The van der Waals surface area contributed by atoms with Crippen LogP contribution in [0, 0.1) is 5.92 Å². The molecule has 2 N–H and O–H groups in total. The Balaban J connectivity index is 0.00000729. The van der Waals surface area contributed by atoms with Crippen molar-refractivity contribution in [3.05, 3.63) is 0 Å². The summed E-state index contributed by atoms with van der Waals surface area (Å²) in [4.78, 5) is 8.46. The lowest BCUT2D eigenvalue weighted by atomic mass is 9.93. The SMILES string of the molecule is CCCCN(C)CCNC(=NCCC1CCN(CC(F)(F)F)CC1)NCC.I. The highest BCUT2D eigenvalue weighted by molar-refractivity contribution is 14.0. The second kappa shape index (κ2) is 15.5. The molecular formula is C19H39F3IN5. The maximum atomic E-state index is 12.4. The number of hydrogen-bond acceptors (Lipinski definition) is 3. The Bertz CT molecular complexity index is 413. The second-order valence-corrected chi connectivity index (χ2v) is 7.47. The number of unbranched alkanes of at least 4 members (excludes halogenated alkanes) is 1. The number of nitrogens with one attached hydrogen (secondary N) is 2. The standard InChI is InChI=1S/C19H38F3N5.HI/c1-4-6-12-26(3)15-11-25-18(23-5-2)24-10-7-17-8-13-27(14-9-17)16-19(20,21)22;/h17H,4-16H2,1-3H3,(H2,23,24,25);1H. The monoisotopic (exact) mass is 521 g/mol. The second-order valence-electron chi connectivity index (χ2n) is 7.47. The third kappa shape index (κ3) is 13.8. The summed E-state index contributed by atoms with van der Waals surface area (Å²) in [6.45, 7) is 9.00. The normalized spacial score (nSPS) is 16.9. The van der Waals surface area contributed by atoms with Crippen molar-refractivity contribution < 1.29 is 13.2 Å². The average molecular weight is 521 g/mol. The molecule has 0 amide bonds. The zero-order valence-electron chi connectivity index (χ0n) is 17.7. The Morgan fingerprint density at radius 2 is 1.82 bits per heavy atom. The van der Waals surface area contributed by atoms with Crippen LogP contribution in [0.25, 0.3) is 0 Å². The van der Waals surface area contributed by atoms with E-state index in [-0.39, 0.29) is 24.0 Å². The molecule has 168 valence electrons. The number of likely N-dealkylation sites (N-methyl/N-ethyl adjacent to an activating group) is 1. The third-order valence-corrected chi connectivity index (χ3v) is 4.94. The lowest BCUT2D eigenvalue weighted by Crippen LogP contribution is -2.41. The molecule has 0 unspecified atom stereocenters. The van der Waals surface area contributed by atoms with Crippen LogP contribution < -0.4 is 10.6 Å². The van der Waals surface area contributed by atoms with Crippen LogP contribution in [0.1, 0.15) is 46.0 Å². The van der Waals surface area contributed by atoms with Crippen LogP contribution in [0.5, 0.6) is 0 Å². The topological polar surface area (TPSA) is 42.9 Å². The molecule has 1 aliphatic rings. The quantitative estimate of drug-likeness (QED) is 0.248. The molecule has 9 heteroatoms. The summed E-state index contributed by atoms with van der Waals surface area (Å²) in [5.41, 5.74) is 0.